The summed E-state index contributed by atoms with van der Waals surface area (Å²) in [4.78, 5) is 31.1. The van der Waals surface area contributed by atoms with Crippen molar-refractivity contribution in [3.63, 3.8) is 0 Å². The Balaban J connectivity index is 1.45. The summed E-state index contributed by atoms with van der Waals surface area (Å²) in [7, 11) is 0. The molecule has 2 atom stereocenters. The number of aromatic nitrogens is 1. The van der Waals surface area contributed by atoms with Gasteiger partial charge in [-0.1, -0.05) is 6.92 Å². The van der Waals surface area contributed by atoms with Gasteiger partial charge in [-0.2, -0.15) is 0 Å². The second-order valence-electron chi connectivity index (χ2n) is 7.01. The van der Waals surface area contributed by atoms with Crippen LogP contribution >= 0.6 is 11.3 Å². The Morgan fingerprint density at radius 3 is 3.00 bits per heavy atom. The molecule has 1 aromatic rings. The number of rotatable bonds is 6. The molecule has 2 aliphatic heterocycles. The van der Waals surface area contributed by atoms with Crippen LogP contribution in [0.5, 0.6) is 0 Å². The Hall–Kier alpha value is -1.47. The van der Waals surface area contributed by atoms with Crippen LogP contribution in [0.3, 0.4) is 0 Å². The summed E-state index contributed by atoms with van der Waals surface area (Å²) in [6.45, 7) is 5.23. The highest BCUT2D eigenvalue weighted by atomic mass is 32.1. The highest BCUT2D eigenvalue weighted by Crippen LogP contribution is 2.18. The molecule has 6 nitrogen and oxygen atoms in total. The lowest BCUT2D eigenvalue weighted by atomic mass is 9.97. The predicted octanol–water partition coefficient (Wildman–Crippen LogP) is 1.35. The minimum atomic E-state index is -0.0289. The molecule has 7 heteroatoms. The first-order chi connectivity index (χ1) is 12.2. The highest BCUT2D eigenvalue weighted by molar-refractivity contribution is 7.09. The summed E-state index contributed by atoms with van der Waals surface area (Å²) in [5.74, 6) is 0.613. The summed E-state index contributed by atoms with van der Waals surface area (Å²) in [6, 6.07) is -0.0289. The van der Waals surface area contributed by atoms with E-state index in [9.17, 15) is 9.59 Å². The fraction of sp³-hybridized carbons (Fsp3) is 0.722. The van der Waals surface area contributed by atoms with E-state index in [-0.39, 0.29) is 17.9 Å². The second kappa shape index (κ2) is 8.76. The molecule has 0 spiro atoms. The molecule has 25 heavy (non-hydrogen) atoms. The number of carbonyl (C=O) groups is 2. The van der Waals surface area contributed by atoms with Gasteiger partial charge in [-0.25, -0.2) is 4.98 Å². The monoisotopic (exact) mass is 364 g/mol. The molecule has 1 aromatic heterocycles. The highest BCUT2D eigenvalue weighted by Gasteiger charge is 2.26. The molecule has 2 saturated heterocycles. The van der Waals surface area contributed by atoms with E-state index in [1.165, 1.54) is 0 Å². The first-order valence-electron chi connectivity index (χ1n) is 9.38. The lowest BCUT2D eigenvalue weighted by Gasteiger charge is -2.33. The average molecular weight is 365 g/mol. The molecule has 138 valence electrons. The minimum absolute atomic E-state index is 0.0289. The van der Waals surface area contributed by atoms with Crippen LogP contribution in [0, 0.1) is 5.92 Å². The SMILES string of the molecule is CCc1nc(CC(=O)N2CCCC(CNC(=O)C3CCCN3)C2)cs1. The number of amides is 2. The van der Waals surface area contributed by atoms with Crippen molar-refractivity contribution < 1.29 is 9.59 Å². The third-order valence-corrected chi connectivity index (χ3v) is 6.09. The largest absolute Gasteiger partial charge is 0.354 e. The van der Waals surface area contributed by atoms with Crippen molar-refractivity contribution in [1.29, 1.82) is 0 Å². The van der Waals surface area contributed by atoms with Crippen LogP contribution in [-0.4, -0.2) is 53.9 Å². The van der Waals surface area contributed by atoms with Crippen LogP contribution in [0.25, 0.3) is 0 Å². The first-order valence-corrected chi connectivity index (χ1v) is 10.3. The number of nitrogens with zero attached hydrogens (tertiary/aromatic N) is 2. The molecule has 2 amide bonds. The van der Waals surface area contributed by atoms with Crippen molar-refractivity contribution in [1.82, 2.24) is 20.5 Å². The van der Waals surface area contributed by atoms with Crippen molar-refractivity contribution in [3.8, 4) is 0 Å². The number of hydrogen-bond acceptors (Lipinski definition) is 5. The van der Waals surface area contributed by atoms with Crippen molar-refractivity contribution >= 4 is 23.2 Å². The van der Waals surface area contributed by atoms with Crippen molar-refractivity contribution in [3.05, 3.63) is 16.1 Å². The van der Waals surface area contributed by atoms with Gasteiger partial charge in [0.2, 0.25) is 11.8 Å². The Kier molecular flexibility index (Phi) is 6.42. The number of aryl methyl sites for hydroxylation is 1. The molecule has 2 unspecified atom stereocenters. The van der Waals surface area contributed by atoms with Gasteiger partial charge in [0.15, 0.2) is 0 Å². The maximum absolute atomic E-state index is 12.6. The van der Waals surface area contributed by atoms with Gasteiger partial charge >= 0.3 is 0 Å². The number of carbonyl (C=O) groups excluding carboxylic acids is 2. The lowest BCUT2D eigenvalue weighted by Crippen LogP contribution is -2.47. The molecule has 0 bridgehead atoms. The topological polar surface area (TPSA) is 74.3 Å². The Bertz CT molecular complexity index is 598. The van der Waals surface area contributed by atoms with Gasteiger partial charge in [0.05, 0.1) is 23.2 Å². The normalized spacial score (nSPS) is 23.6. The van der Waals surface area contributed by atoms with Gasteiger partial charge < -0.3 is 15.5 Å². The molecule has 3 heterocycles. The Morgan fingerprint density at radius 1 is 1.40 bits per heavy atom. The molecular weight excluding hydrogens is 336 g/mol. The van der Waals surface area contributed by atoms with Crippen LogP contribution in [0.15, 0.2) is 5.38 Å². The fourth-order valence-corrected chi connectivity index (χ4v) is 4.34. The molecule has 0 aromatic carbocycles. The van der Waals surface area contributed by atoms with Gasteiger partial charge in [0, 0.05) is 25.0 Å². The van der Waals surface area contributed by atoms with Gasteiger partial charge in [0.1, 0.15) is 0 Å². The third-order valence-electron chi connectivity index (χ3n) is 5.05. The first kappa shape index (κ1) is 18.3. The van der Waals surface area contributed by atoms with E-state index in [0.29, 0.717) is 18.9 Å². The summed E-state index contributed by atoms with van der Waals surface area (Å²) in [5, 5.41) is 9.37. The number of hydrogen-bond donors (Lipinski definition) is 2. The van der Waals surface area contributed by atoms with Crippen LogP contribution in [0.4, 0.5) is 0 Å². The van der Waals surface area contributed by atoms with Crippen LogP contribution in [0.1, 0.15) is 43.3 Å². The van der Waals surface area contributed by atoms with Gasteiger partial charge in [-0.05, 0) is 44.6 Å². The maximum atomic E-state index is 12.6. The average Bonchev–Trinajstić information content (AvgIpc) is 3.31. The molecule has 2 N–H and O–H groups in total. The zero-order valence-electron chi connectivity index (χ0n) is 14.9. The van der Waals surface area contributed by atoms with E-state index < -0.39 is 0 Å². The van der Waals surface area contributed by atoms with Crippen LogP contribution in [0.2, 0.25) is 0 Å². The molecule has 3 rings (SSSR count). The molecular formula is C18H28N4O2S. The molecule has 0 saturated carbocycles. The van der Waals surface area contributed by atoms with Crippen LogP contribution in [-0.2, 0) is 22.4 Å². The van der Waals surface area contributed by atoms with E-state index in [4.69, 9.17) is 0 Å². The number of likely N-dealkylation sites (tertiary alicyclic amines) is 1. The van der Waals surface area contributed by atoms with E-state index in [1.54, 1.807) is 11.3 Å². The summed E-state index contributed by atoms with van der Waals surface area (Å²) < 4.78 is 0. The van der Waals surface area contributed by atoms with E-state index >= 15 is 0 Å². The molecule has 2 aliphatic rings. The molecule has 0 radical (unpaired) electrons. The standard InChI is InChI=1S/C18H28N4O2S/c1-2-16-21-14(12-25-16)9-17(23)22-8-4-5-13(11-22)10-20-18(24)15-6-3-7-19-15/h12-13,15,19H,2-11H2,1H3,(H,20,24). The van der Waals surface area contributed by atoms with Crippen molar-refractivity contribution in [2.24, 2.45) is 5.92 Å². The quantitative estimate of drug-likeness (QED) is 0.799. The van der Waals surface area contributed by atoms with Gasteiger partial charge in [-0.3, -0.25) is 9.59 Å². The maximum Gasteiger partial charge on any atom is 0.237 e. The second-order valence-corrected chi connectivity index (χ2v) is 7.95. The Labute approximate surface area is 153 Å². The summed E-state index contributed by atoms with van der Waals surface area (Å²) in [5.41, 5.74) is 0.884. The zero-order valence-corrected chi connectivity index (χ0v) is 15.7. The predicted molar refractivity (Wildman–Crippen MR) is 98.5 cm³/mol. The third kappa shape index (κ3) is 5.01. The van der Waals surface area contributed by atoms with Crippen molar-refractivity contribution in [2.45, 2.75) is 51.5 Å². The summed E-state index contributed by atoms with van der Waals surface area (Å²) in [6.07, 6.45) is 5.38. The van der Waals surface area contributed by atoms with E-state index in [1.807, 2.05) is 10.3 Å². The van der Waals surface area contributed by atoms with Gasteiger partial charge in [0.25, 0.3) is 0 Å². The molecule has 0 aliphatic carbocycles. The fourth-order valence-electron chi connectivity index (χ4n) is 3.59. The smallest absolute Gasteiger partial charge is 0.237 e. The van der Waals surface area contributed by atoms with Crippen molar-refractivity contribution in [2.75, 3.05) is 26.2 Å². The van der Waals surface area contributed by atoms with Crippen LogP contribution < -0.4 is 10.6 Å². The van der Waals surface area contributed by atoms with Gasteiger partial charge in [-0.15, -0.1) is 11.3 Å². The molecule has 2 fully saturated rings. The number of nitrogens with one attached hydrogen (secondary N) is 2. The summed E-state index contributed by atoms with van der Waals surface area (Å²) >= 11 is 1.63. The van der Waals surface area contributed by atoms with E-state index in [2.05, 4.69) is 22.5 Å². The number of piperidine rings is 1. The zero-order chi connectivity index (χ0) is 17.6. The lowest BCUT2D eigenvalue weighted by molar-refractivity contribution is -0.132. The van der Waals surface area contributed by atoms with E-state index in [0.717, 1.165) is 62.4 Å². The number of thiazole rings is 1. The minimum Gasteiger partial charge on any atom is -0.354 e. The Morgan fingerprint density at radius 2 is 2.28 bits per heavy atom.